The van der Waals surface area contributed by atoms with E-state index in [1.165, 1.54) is 23.5 Å². The highest BCUT2D eigenvalue weighted by molar-refractivity contribution is 7.22. The molecule has 31 heavy (non-hydrogen) atoms. The number of non-ortho nitro benzene ring substituents is 1. The minimum atomic E-state index is -0.812. The van der Waals surface area contributed by atoms with Gasteiger partial charge in [-0.05, 0) is 12.1 Å². The molecule has 0 saturated carbocycles. The second kappa shape index (κ2) is 8.02. The quantitative estimate of drug-likeness (QED) is 0.323. The summed E-state index contributed by atoms with van der Waals surface area (Å²) in [5, 5.41) is 15.2. The molecule has 4 aromatic rings. The Labute approximate surface area is 178 Å². The van der Waals surface area contributed by atoms with E-state index in [0.717, 1.165) is 21.2 Å². The van der Waals surface area contributed by atoms with Crippen LogP contribution >= 0.6 is 11.3 Å². The van der Waals surface area contributed by atoms with Crippen LogP contribution < -0.4 is 4.74 Å². The number of ether oxygens (including phenoxy) is 3. The second-order valence-electron chi connectivity index (χ2n) is 6.73. The predicted molar refractivity (Wildman–Crippen MR) is 110 cm³/mol. The topological polar surface area (TPSA) is 102 Å². The van der Waals surface area contributed by atoms with Crippen LogP contribution in [0.4, 0.5) is 10.1 Å². The first kappa shape index (κ1) is 19.5. The Morgan fingerprint density at radius 2 is 2.10 bits per heavy atom. The van der Waals surface area contributed by atoms with Crippen LogP contribution in [0.1, 0.15) is 0 Å². The molecule has 11 heteroatoms. The molecule has 1 aliphatic rings. The fourth-order valence-electron chi connectivity index (χ4n) is 3.20. The molecule has 0 atom stereocenters. The average Bonchev–Trinajstić information content (AvgIpc) is 3.50. The third kappa shape index (κ3) is 3.98. The van der Waals surface area contributed by atoms with Gasteiger partial charge in [0.1, 0.15) is 5.75 Å². The summed E-state index contributed by atoms with van der Waals surface area (Å²) in [6, 6.07) is 6.80. The van der Waals surface area contributed by atoms with Crippen molar-refractivity contribution in [3.63, 3.8) is 0 Å². The summed E-state index contributed by atoms with van der Waals surface area (Å²) in [6.07, 6.45) is 4.91. The highest BCUT2D eigenvalue weighted by Crippen LogP contribution is 2.39. The van der Waals surface area contributed by atoms with Crippen molar-refractivity contribution in [1.82, 2.24) is 14.8 Å². The lowest BCUT2D eigenvalue weighted by Crippen LogP contribution is -2.16. The van der Waals surface area contributed by atoms with E-state index in [0.29, 0.717) is 31.0 Å². The van der Waals surface area contributed by atoms with Crippen molar-refractivity contribution in [2.45, 2.75) is 12.8 Å². The van der Waals surface area contributed by atoms with Crippen molar-refractivity contribution in [3.8, 4) is 21.9 Å². The summed E-state index contributed by atoms with van der Waals surface area (Å²) in [7, 11) is 0. The Morgan fingerprint density at radius 3 is 2.87 bits per heavy atom. The van der Waals surface area contributed by atoms with Crippen LogP contribution in [0.2, 0.25) is 0 Å². The van der Waals surface area contributed by atoms with E-state index < -0.39 is 10.7 Å². The van der Waals surface area contributed by atoms with Crippen molar-refractivity contribution >= 4 is 27.2 Å². The number of halogens is 1. The Morgan fingerprint density at radius 1 is 1.26 bits per heavy atom. The maximum atomic E-state index is 14.3. The second-order valence-corrected chi connectivity index (χ2v) is 7.78. The number of rotatable bonds is 6. The highest BCUT2D eigenvalue weighted by atomic mass is 32.1. The molecular formula is C20H15FN4O5S. The molecule has 0 N–H and O–H groups in total. The molecule has 0 amide bonds. The number of aromatic nitrogens is 3. The molecule has 0 bridgehead atoms. The molecule has 5 rings (SSSR count). The normalized spacial score (nSPS) is 14.4. The molecule has 1 aliphatic heterocycles. The van der Waals surface area contributed by atoms with Gasteiger partial charge in [-0.3, -0.25) is 19.8 Å². The molecule has 3 aromatic heterocycles. The molecule has 1 saturated heterocycles. The number of nitro groups is 1. The molecular weight excluding hydrogens is 427 g/mol. The van der Waals surface area contributed by atoms with Crippen molar-refractivity contribution in [3.05, 3.63) is 64.9 Å². The number of nitrogens with zero attached hydrogens (tertiary/aromatic N) is 4. The first-order valence-electron chi connectivity index (χ1n) is 9.33. The molecule has 4 heterocycles. The van der Waals surface area contributed by atoms with Crippen molar-refractivity contribution < 1.29 is 23.5 Å². The van der Waals surface area contributed by atoms with Gasteiger partial charge in [-0.25, -0.2) is 4.39 Å². The standard InChI is InChI=1S/C20H15FN4O5S/c21-14-7-13(25(26)27)1-2-16(14)30-17-3-4-22-15-8-18(31-20(15)17)12-9-23-24(10-12)11-19-28-5-6-29-19/h1-4,7-10,19H,5-6,11H2. The van der Waals surface area contributed by atoms with Crippen LogP contribution in [0, 0.1) is 15.9 Å². The van der Waals surface area contributed by atoms with Crippen LogP contribution in [-0.4, -0.2) is 39.2 Å². The maximum Gasteiger partial charge on any atom is 0.272 e. The van der Waals surface area contributed by atoms with Crippen molar-refractivity contribution in [2.24, 2.45) is 0 Å². The average molecular weight is 442 g/mol. The van der Waals surface area contributed by atoms with Gasteiger partial charge in [0.15, 0.2) is 17.9 Å². The van der Waals surface area contributed by atoms with E-state index in [-0.39, 0.29) is 17.7 Å². The van der Waals surface area contributed by atoms with E-state index in [9.17, 15) is 14.5 Å². The highest BCUT2D eigenvalue weighted by Gasteiger charge is 2.18. The number of hydrogen-bond acceptors (Lipinski definition) is 8. The zero-order valence-electron chi connectivity index (χ0n) is 15.9. The fraction of sp³-hybridized carbons (Fsp3) is 0.200. The molecule has 1 fully saturated rings. The fourth-order valence-corrected chi connectivity index (χ4v) is 4.24. The van der Waals surface area contributed by atoms with Crippen LogP contribution in [0.5, 0.6) is 11.5 Å². The molecule has 0 unspecified atom stereocenters. The summed E-state index contributed by atoms with van der Waals surface area (Å²) in [6.45, 7) is 1.66. The maximum absolute atomic E-state index is 14.3. The largest absolute Gasteiger partial charge is 0.453 e. The van der Waals surface area contributed by atoms with Gasteiger partial charge in [0.05, 0.1) is 47.2 Å². The molecule has 0 radical (unpaired) electrons. The Balaban J connectivity index is 1.42. The number of hydrogen-bond donors (Lipinski definition) is 0. The van der Waals surface area contributed by atoms with E-state index in [1.54, 1.807) is 23.1 Å². The summed E-state index contributed by atoms with van der Waals surface area (Å²) in [4.78, 5) is 15.4. The van der Waals surface area contributed by atoms with E-state index in [4.69, 9.17) is 14.2 Å². The van der Waals surface area contributed by atoms with Gasteiger partial charge in [-0.2, -0.15) is 5.10 Å². The number of pyridine rings is 1. The third-order valence-electron chi connectivity index (χ3n) is 4.67. The van der Waals surface area contributed by atoms with Gasteiger partial charge >= 0.3 is 0 Å². The smallest absolute Gasteiger partial charge is 0.272 e. The van der Waals surface area contributed by atoms with E-state index in [2.05, 4.69) is 10.1 Å². The van der Waals surface area contributed by atoms with Gasteiger partial charge in [0.25, 0.3) is 5.69 Å². The van der Waals surface area contributed by atoms with E-state index in [1.807, 2.05) is 12.3 Å². The number of nitro benzene ring substituents is 1. The van der Waals surface area contributed by atoms with Gasteiger partial charge in [0.2, 0.25) is 0 Å². The number of benzene rings is 1. The lowest BCUT2D eigenvalue weighted by molar-refractivity contribution is -0.385. The van der Waals surface area contributed by atoms with Crippen LogP contribution in [0.15, 0.2) is 48.9 Å². The summed E-state index contributed by atoms with van der Waals surface area (Å²) < 4.78 is 33.4. The predicted octanol–water partition coefficient (Wildman–Crippen LogP) is 4.37. The molecule has 0 aliphatic carbocycles. The number of thiophene rings is 1. The lowest BCUT2D eigenvalue weighted by atomic mass is 10.2. The SMILES string of the molecule is O=[N+]([O-])c1ccc(Oc2ccnc3cc(-c4cnn(CC5OCCO5)c4)sc23)c(F)c1. The van der Waals surface area contributed by atoms with Crippen LogP contribution in [0.25, 0.3) is 20.7 Å². The van der Waals surface area contributed by atoms with Gasteiger partial charge < -0.3 is 14.2 Å². The monoisotopic (exact) mass is 442 g/mol. The van der Waals surface area contributed by atoms with Gasteiger partial charge in [-0.1, -0.05) is 0 Å². The Hall–Kier alpha value is -3.41. The minimum Gasteiger partial charge on any atom is -0.453 e. The van der Waals surface area contributed by atoms with Crippen LogP contribution in [0.3, 0.4) is 0 Å². The summed E-state index contributed by atoms with van der Waals surface area (Å²) >= 11 is 1.43. The summed E-state index contributed by atoms with van der Waals surface area (Å²) in [5.74, 6) is -0.500. The van der Waals surface area contributed by atoms with E-state index >= 15 is 0 Å². The van der Waals surface area contributed by atoms with Gasteiger partial charge in [-0.15, -0.1) is 11.3 Å². The zero-order chi connectivity index (χ0) is 21.4. The zero-order valence-corrected chi connectivity index (χ0v) is 16.8. The van der Waals surface area contributed by atoms with Gasteiger partial charge in [0, 0.05) is 35.0 Å². The Kier molecular flexibility index (Phi) is 5.06. The van der Waals surface area contributed by atoms with Crippen LogP contribution in [-0.2, 0) is 16.0 Å². The molecule has 0 spiro atoms. The summed E-state index contributed by atoms with van der Waals surface area (Å²) in [5.41, 5.74) is 1.25. The van der Waals surface area contributed by atoms with Crippen molar-refractivity contribution in [1.29, 1.82) is 0 Å². The number of fused-ring (bicyclic) bond motifs is 1. The lowest BCUT2D eigenvalue weighted by Gasteiger charge is -2.07. The van der Waals surface area contributed by atoms with Crippen molar-refractivity contribution in [2.75, 3.05) is 13.2 Å². The molecule has 158 valence electrons. The first-order valence-corrected chi connectivity index (χ1v) is 10.1. The molecule has 1 aromatic carbocycles. The first-order chi connectivity index (χ1) is 15.1. The Bertz CT molecular complexity index is 1270. The molecule has 9 nitrogen and oxygen atoms in total. The minimum absolute atomic E-state index is 0.0996. The third-order valence-corrected chi connectivity index (χ3v) is 5.85.